The zero-order valence-corrected chi connectivity index (χ0v) is 23.2. The number of aliphatic hydroxyl groups is 1. The molecule has 40 heavy (non-hydrogen) atoms. The van der Waals surface area contributed by atoms with Gasteiger partial charge in [-0.25, -0.2) is 10.4 Å². The van der Waals surface area contributed by atoms with Crippen molar-refractivity contribution >= 4 is 40.7 Å². The Bertz CT molecular complexity index is 1430. The second-order valence-electron chi connectivity index (χ2n) is 9.10. The normalized spacial score (nSPS) is 17.9. The predicted octanol–water partition coefficient (Wildman–Crippen LogP) is 5.66. The number of amides is 1. The quantitative estimate of drug-likeness (QED) is 0.0829. The van der Waals surface area contributed by atoms with Crippen LogP contribution in [0.15, 0.2) is 76.8 Å². The minimum Gasteiger partial charge on any atom is -0.494 e. The lowest BCUT2D eigenvalue weighted by molar-refractivity contribution is -0.129. The highest BCUT2D eigenvalue weighted by Crippen LogP contribution is 2.35. The number of aliphatic imine (C=N–C) groups is 1. The third-order valence-electron chi connectivity index (χ3n) is 6.41. The maximum absolute atomic E-state index is 13.8. The van der Waals surface area contributed by atoms with Crippen LogP contribution in [0.2, 0.25) is 10.0 Å². The smallest absolute Gasteiger partial charge is 0.266 e. The van der Waals surface area contributed by atoms with Crippen LogP contribution in [0.4, 0.5) is 5.69 Å². The fraction of sp³-hybridized carbons (Fsp3) is 0.286. The number of aliphatic hydroxyl groups excluding tert-OH is 1. The maximum atomic E-state index is 13.8. The van der Waals surface area contributed by atoms with E-state index in [1.807, 2.05) is 0 Å². The van der Waals surface area contributed by atoms with Gasteiger partial charge in [-0.2, -0.15) is 0 Å². The molecular weight excluding hydrogens is 555 g/mol. The first-order valence-corrected chi connectivity index (χ1v) is 13.3. The van der Waals surface area contributed by atoms with E-state index < -0.39 is 17.6 Å². The molecule has 0 unspecified atom stereocenters. The van der Waals surface area contributed by atoms with Gasteiger partial charge in [0, 0.05) is 42.2 Å². The van der Waals surface area contributed by atoms with Gasteiger partial charge in [-0.1, -0.05) is 58.6 Å². The summed E-state index contributed by atoms with van der Waals surface area (Å²) in [5, 5.41) is 13.6. The van der Waals surface area contributed by atoms with Crippen LogP contribution >= 0.6 is 23.2 Å². The molecule has 1 heterocycles. The number of ether oxygens (including phenoxy) is 2. The van der Waals surface area contributed by atoms with Gasteiger partial charge >= 0.3 is 0 Å². The fourth-order valence-corrected chi connectivity index (χ4v) is 4.54. The molecule has 0 aliphatic carbocycles. The molecule has 3 aromatic rings. The summed E-state index contributed by atoms with van der Waals surface area (Å²) in [5.74, 6) is 0.521. The van der Waals surface area contributed by atoms with Gasteiger partial charge in [0.1, 0.15) is 11.9 Å². The van der Waals surface area contributed by atoms with Crippen molar-refractivity contribution in [1.29, 1.82) is 0 Å². The number of hydrazine groups is 1. The minimum absolute atomic E-state index is 0.0515. The van der Waals surface area contributed by atoms with Crippen LogP contribution < -0.4 is 15.6 Å². The number of nitrogens with one attached hydrogen (secondary N) is 2. The summed E-state index contributed by atoms with van der Waals surface area (Å²) >= 11 is 12.1. The molecule has 0 fully saturated rings. The number of benzene rings is 3. The van der Waals surface area contributed by atoms with Gasteiger partial charge in [-0.3, -0.25) is 10.2 Å². The van der Waals surface area contributed by atoms with Crippen molar-refractivity contribution in [2.24, 2.45) is 10.1 Å². The van der Waals surface area contributed by atoms with Crippen molar-refractivity contribution in [2.45, 2.75) is 38.0 Å². The summed E-state index contributed by atoms with van der Waals surface area (Å²) in [7, 11) is 0. The molecule has 1 aliphatic rings. The number of nitrogens with zero attached hydrogens (tertiary/aromatic N) is 4. The van der Waals surface area contributed by atoms with Crippen LogP contribution in [0.5, 0.6) is 5.75 Å². The topological polar surface area (TPSA) is 141 Å². The fourth-order valence-electron chi connectivity index (χ4n) is 4.22. The molecule has 0 radical (unpaired) electrons. The summed E-state index contributed by atoms with van der Waals surface area (Å²) in [5.41, 5.74) is 15.9. The number of rotatable bonds is 12. The Kier molecular flexibility index (Phi) is 9.87. The highest BCUT2D eigenvalue weighted by Gasteiger charge is 2.50. The molecule has 0 bridgehead atoms. The maximum Gasteiger partial charge on any atom is 0.266 e. The van der Waals surface area contributed by atoms with E-state index in [2.05, 4.69) is 20.9 Å². The summed E-state index contributed by atoms with van der Waals surface area (Å²) in [6, 6.07) is 19.4. The Labute approximate surface area is 241 Å². The molecular formula is C28H28Cl2N6O4. The third-order valence-corrected chi connectivity index (χ3v) is 7.15. The Morgan fingerprint density at radius 3 is 2.67 bits per heavy atom. The highest BCUT2D eigenvalue weighted by molar-refractivity contribution is 6.42. The van der Waals surface area contributed by atoms with E-state index in [1.54, 1.807) is 73.7 Å². The van der Waals surface area contributed by atoms with E-state index in [4.69, 9.17) is 48.3 Å². The van der Waals surface area contributed by atoms with Gasteiger partial charge in [0.2, 0.25) is 5.90 Å². The average Bonchev–Trinajstić information content (AvgIpc) is 3.29. The van der Waals surface area contributed by atoms with Crippen molar-refractivity contribution in [1.82, 2.24) is 10.9 Å². The van der Waals surface area contributed by atoms with E-state index in [0.29, 0.717) is 51.5 Å². The number of carbonyl (C=O) groups is 1. The second kappa shape index (κ2) is 13.5. The van der Waals surface area contributed by atoms with E-state index in [0.717, 1.165) is 5.56 Å². The van der Waals surface area contributed by atoms with Gasteiger partial charge in [0.15, 0.2) is 5.54 Å². The van der Waals surface area contributed by atoms with Gasteiger partial charge in [-0.15, -0.1) is 0 Å². The monoisotopic (exact) mass is 582 g/mol. The lowest BCUT2D eigenvalue weighted by atomic mass is 9.85. The Morgan fingerprint density at radius 1 is 1.18 bits per heavy atom. The van der Waals surface area contributed by atoms with E-state index in [1.165, 1.54) is 0 Å². The Hall–Kier alpha value is -3.79. The number of carbonyl (C=O) groups excluding carboxylic acids is 1. The second-order valence-corrected chi connectivity index (χ2v) is 9.92. The van der Waals surface area contributed by atoms with Crippen LogP contribution in [-0.2, 0) is 22.5 Å². The molecule has 2 atom stereocenters. The first kappa shape index (κ1) is 29.2. The van der Waals surface area contributed by atoms with Gasteiger partial charge in [-0.05, 0) is 60.0 Å². The van der Waals surface area contributed by atoms with Gasteiger partial charge in [0.25, 0.3) is 5.91 Å². The lowest BCUT2D eigenvalue weighted by Crippen LogP contribution is -2.55. The van der Waals surface area contributed by atoms with Crippen LogP contribution in [0.25, 0.3) is 10.4 Å². The molecule has 10 nitrogen and oxygen atoms in total. The Balaban J connectivity index is 1.61. The number of halogens is 2. The number of hydrogen-bond acceptors (Lipinski definition) is 7. The van der Waals surface area contributed by atoms with Crippen LogP contribution in [0.1, 0.15) is 30.0 Å². The highest BCUT2D eigenvalue weighted by atomic mass is 35.5. The SMILES string of the molecule is C[C@@H]1OC(c2ccc(OCCCO)cc2)=N[C@]1(Cc1ccccc1N=[N+]=[N-])C(=O)NNCc1ccc(Cl)c(Cl)c1. The largest absolute Gasteiger partial charge is 0.494 e. The molecule has 3 N–H and O–H groups in total. The van der Waals surface area contributed by atoms with Crippen molar-refractivity contribution in [3.8, 4) is 5.75 Å². The zero-order chi connectivity index (χ0) is 28.5. The molecule has 4 rings (SSSR count). The molecule has 208 valence electrons. The average molecular weight is 583 g/mol. The summed E-state index contributed by atoms with van der Waals surface area (Å²) in [6.07, 6.45) is -0.00702. The van der Waals surface area contributed by atoms with Crippen LogP contribution in [-0.4, -0.2) is 41.8 Å². The third kappa shape index (κ3) is 6.85. The first-order chi connectivity index (χ1) is 19.4. The van der Waals surface area contributed by atoms with Crippen molar-refractivity contribution in [3.05, 3.63) is 104 Å². The van der Waals surface area contributed by atoms with Crippen LogP contribution in [0.3, 0.4) is 0 Å². The van der Waals surface area contributed by atoms with E-state index in [-0.39, 0.29) is 19.6 Å². The Morgan fingerprint density at radius 2 is 1.95 bits per heavy atom. The number of azide groups is 1. The molecule has 0 aromatic heterocycles. The summed E-state index contributed by atoms with van der Waals surface area (Å²) in [4.78, 5) is 21.5. The molecule has 0 saturated heterocycles. The van der Waals surface area contributed by atoms with Gasteiger partial charge in [0.05, 0.1) is 16.7 Å². The zero-order valence-electron chi connectivity index (χ0n) is 21.7. The van der Waals surface area contributed by atoms with E-state index >= 15 is 0 Å². The van der Waals surface area contributed by atoms with Gasteiger partial charge < -0.3 is 14.6 Å². The molecule has 0 saturated carbocycles. The lowest BCUT2D eigenvalue weighted by Gasteiger charge is -2.28. The molecule has 3 aromatic carbocycles. The first-order valence-electron chi connectivity index (χ1n) is 12.6. The molecule has 1 aliphatic heterocycles. The molecule has 1 amide bonds. The summed E-state index contributed by atoms with van der Waals surface area (Å²) < 4.78 is 11.7. The van der Waals surface area contributed by atoms with Crippen molar-refractivity contribution in [3.63, 3.8) is 0 Å². The molecule has 12 heteroatoms. The minimum atomic E-state index is -1.38. The predicted molar refractivity (Wildman–Crippen MR) is 154 cm³/mol. The van der Waals surface area contributed by atoms with Crippen molar-refractivity contribution < 1.29 is 19.4 Å². The van der Waals surface area contributed by atoms with E-state index in [9.17, 15) is 4.79 Å². The van der Waals surface area contributed by atoms with Crippen molar-refractivity contribution in [2.75, 3.05) is 13.2 Å². The number of hydrogen-bond donors (Lipinski definition) is 3. The molecule has 0 spiro atoms. The standard InChI is InChI=1S/C28H28Cl2N6O4/c1-18-28(16-21-5-2-3-6-25(21)34-36-31,27(38)35-32-17-19-7-12-23(29)24(30)15-19)33-26(40-18)20-8-10-22(11-9-20)39-14-4-13-37/h2-3,5-12,15,18,32,37H,4,13-14,16-17H2,1H3,(H,35,38)/t18-,28-/m0/s1. The summed E-state index contributed by atoms with van der Waals surface area (Å²) in [6.45, 7) is 2.51. The van der Waals surface area contributed by atoms with Crippen LogP contribution in [0, 0.1) is 0 Å².